The van der Waals surface area contributed by atoms with Gasteiger partial charge in [0.25, 0.3) is 0 Å². The summed E-state index contributed by atoms with van der Waals surface area (Å²) < 4.78 is 11.2. The Hall–Kier alpha value is -1.14. The average molecular weight is 313 g/mol. The molecule has 5 nitrogen and oxygen atoms in total. The van der Waals surface area contributed by atoms with E-state index in [0.29, 0.717) is 6.42 Å². The first kappa shape index (κ1) is 17.9. The van der Waals surface area contributed by atoms with Gasteiger partial charge in [0, 0.05) is 6.42 Å². The minimum atomic E-state index is -1.29. The van der Waals surface area contributed by atoms with E-state index in [2.05, 4.69) is 40.4 Å². The zero-order chi connectivity index (χ0) is 16.2. The highest BCUT2D eigenvalue weighted by molar-refractivity contribution is 6.48. The van der Waals surface area contributed by atoms with Crippen LogP contribution in [0, 0.1) is 5.41 Å². The molecule has 1 heterocycles. The summed E-state index contributed by atoms with van der Waals surface area (Å²) in [5, 5.41) is 0. The van der Waals surface area contributed by atoms with E-state index >= 15 is 0 Å². The van der Waals surface area contributed by atoms with Crippen molar-refractivity contribution in [3.05, 3.63) is 12.7 Å². The minimum Gasteiger partial charge on any atom is -0.445 e. The maximum Gasteiger partial charge on any atom is 0.410 e. The van der Waals surface area contributed by atoms with Crippen molar-refractivity contribution in [2.75, 3.05) is 13.2 Å². The third-order valence-electron chi connectivity index (χ3n) is 3.36. The number of hydrogen-bond acceptors (Lipinski definition) is 4. The molecule has 0 radical (unpaired) electrons. The fourth-order valence-corrected chi connectivity index (χ4v) is 3.74. The van der Waals surface area contributed by atoms with Gasteiger partial charge in [0.05, 0.1) is 18.7 Å². The molecule has 0 spiro atoms. The highest BCUT2D eigenvalue weighted by Crippen LogP contribution is 2.32. The topological polar surface area (TPSA) is 55.8 Å². The molecule has 2 atom stereocenters. The fraction of sp³-hybridized carbons (Fsp3) is 0.733. The normalized spacial score (nSPS) is 20.8. The van der Waals surface area contributed by atoms with Crippen LogP contribution in [0.5, 0.6) is 0 Å². The largest absolute Gasteiger partial charge is 0.445 e. The molecule has 1 amide bonds. The zero-order valence-electron chi connectivity index (χ0n) is 13.7. The summed E-state index contributed by atoms with van der Waals surface area (Å²) in [6.45, 7) is 14.2. The molecule has 120 valence electrons. The van der Waals surface area contributed by atoms with Crippen LogP contribution in [0.1, 0.15) is 27.2 Å². The molecule has 0 N–H and O–H groups in total. The second-order valence-corrected chi connectivity index (χ2v) is 9.14. The number of carbonyl (C=O) groups is 2. The monoisotopic (exact) mass is 313 g/mol. The zero-order valence-corrected chi connectivity index (χ0v) is 14.9. The summed E-state index contributed by atoms with van der Waals surface area (Å²) in [5.41, 5.74) is -0.149. The van der Waals surface area contributed by atoms with Crippen molar-refractivity contribution in [3.63, 3.8) is 0 Å². The molecule has 0 aromatic carbocycles. The lowest BCUT2D eigenvalue weighted by Gasteiger charge is -2.39. The Bertz CT molecular complexity index is 403. The molecular formula is C15H27NO4Si. The van der Waals surface area contributed by atoms with Crippen LogP contribution in [0.2, 0.25) is 13.1 Å². The van der Waals surface area contributed by atoms with Crippen molar-refractivity contribution in [1.82, 2.24) is 4.90 Å². The fourth-order valence-electron chi connectivity index (χ4n) is 2.56. The second kappa shape index (κ2) is 7.22. The van der Waals surface area contributed by atoms with Gasteiger partial charge >= 0.3 is 6.09 Å². The van der Waals surface area contributed by atoms with Crippen LogP contribution in [0.25, 0.3) is 0 Å². The molecule has 1 aliphatic heterocycles. The van der Waals surface area contributed by atoms with E-state index in [-0.39, 0.29) is 36.5 Å². The second-order valence-electron chi connectivity index (χ2n) is 6.78. The van der Waals surface area contributed by atoms with Crippen LogP contribution >= 0.6 is 0 Å². The predicted octanol–water partition coefficient (Wildman–Crippen LogP) is 2.37. The van der Waals surface area contributed by atoms with Gasteiger partial charge in [-0.25, -0.2) is 4.79 Å². The van der Waals surface area contributed by atoms with Crippen LogP contribution in [-0.4, -0.2) is 51.1 Å². The maximum absolute atomic E-state index is 12.1. The Kier molecular flexibility index (Phi) is 6.16. The molecule has 6 heteroatoms. The Morgan fingerprint density at radius 1 is 1.52 bits per heavy atom. The Morgan fingerprint density at radius 2 is 2.14 bits per heavy atom. The number of ether oxygens (including phenoxy) is 1. The number of rotatable bonds is 5. The predicted molar refractivity (Wildman–Crippen MR) is 84.9 cm³/mol. The number of carbonyl (C=O) groups excluding carboxylic acids is 2. The lowest BCUT2D eigenvalue weighted by molar-refractivity contribution is -0.117. The van der Waals surface area contributed by atoms with Crippen LogP contribution < -0.4 is 0 Å². The molecule has 21 heavy (non-hydrogen) atoms. The molecule has 0 saturated carbocycles. The minimum absolute atomic E-state index is 0.0545. The molecule has 0 aromatic heterocycles. The van der Waals surface area contributed by atoms with Crippen molar-refractivity contribution in [2.45, 2.75) is 52.4 Å². The molecule has 0 aliphatic carbocycles. The molecule has 1 unspecified atom stereocenters. The van der Waals surface area contributed by atoms with E-state index in [1.807, 2.05) is 0 Å². The molecule has 0 aromatic rings. The van der Waals surface area contributed by atoms with E-state index in [9.17, 15) is 9.59 Å². The Balaban J connectivity index is 2.95. The van der Waals surface area contributed by atoms with Crippen LogP contribution in [0.3, 0.4) is 0 Å². The maximum atomic E-state index is 12.1. The van der Waals surface area contributed by atoms with E-state index in [4.69, 9.17) is 9.16 Å². The van der Waals surface area contributed by atoms with Gasteiger partial charge in [-0.15, -0.1) is 0 Å². The highest BCUT2D eigenvalue weighted by Gasteiger charge is 2.44. The summed E-state index contributed by atoms with van der Waals surface area (Å²) >= 11 is 0. The Morgan fingerprint density at radius 3 is 2.62 bits per heavy atom. The number of hydrogen-bond donors (Lipinski definition) is 0. The quantitative estimate of drug-likeness (QED) is 0.577. The number of Topliss-reactive ketones (excluding diaryl/α,β-unsaturated/α-hetero) is 1. The van der Waals surface area contributed by atoms with Crippen molar-refractivity contribution in [2.24, 2.45) is 5.41 Å². The molecule has 1 rings (SSSR count). The van der Waals surface area contributed by atoms with Gasteiger partial charge in [-0.3, -0.25) is 9.69 Å². The van der Waals surface area contributed by atoms with Crippen molar-refractivity contribution < 1.29 is 18.8 Å². The molecule has 0 bridgehead atoms. The third kappa shape index (κ3) is 4.96. The van der Waals surface area contributed by atoms with Gasteiger partial charge in [0.1, 0.15) is 6.61 Å². The molecule has 1 aliphatic rings. The SMILES string of the molecule is C=CCOC(=O)N1CC(=O)C[C@H]1C(O[SiH](C)C)C(C)(C)C. The summed E-state index contributed by atoms with van der Waals surface area (Å²) in [6, 6.07) is -0.246. The summed E-state index contributed by atoms with van der Waals surface area (Å²) in [7, 11) is -1.29. The van der Waals surface area contributed by atoms with Gasteiger partial charge in [0.2, 0.25) is 0 Å². The highest BCUT2D eigenvalue weighted by atomic mass is 28.3. The van der Waals surface area contributed by atoms with Gasteiger partial charge < -0.3 is 9.16 Å². The van der Waals surface area contributed by atoms with E-state index in [1.54, 1.807) is 0 Å². The summed E-state index contributed by atoms with van der Waals surface area (Å²) in [6.07, 6.45) is 1.23. The van der Waals surface area contributed by atoms with Gasteiger partial charge in [0.15, 0.2) is 14.8 Å². The number of likely N-dealkylation sites (tertiary alicyclic amines) is 1. The first-order chi connectivity index (χ1) is 9.66. The van der Waals surface area contributed by atoms with Crippen molar-refractivity contribution >= 4 is 20.9 Å². The number of amides is 1. The first-order valence-corrected chi connectivity index (χ1v) is 10.2. The molecule has 1 saturated heterocycles. The van der Waals surface area contributed by atoms with Crippen LogP contribution in [0.4, 0.5) is 4.79 Å². The van der Waals surface area contributed by atoms with Crippen LogP contribution in [0.15, 0.2) is 12.7 Å². The van der Waals surface area contributed by atoms with E-state index < -0.39 is 15.1 Å². The third-order valence-corrected chi connectivity index (χ3v) is 4.20. The summed E-state index contributed by atoms with van der Waals surface area (Å²) in [4.78, 5) is 25.5. The van der Waals surface area contributed by atoms with E-state index in [1.165, 1.54) is 11.0 Å². The van der Waals surface area contributed by atoms with Crippen molar-refractivity contribution in [3.8, 4) is 0 Å². The smallest absolute Gasteiger partial charge is 0.410 e. The first-order valence-electron chi connectivity index (χ1n) is 7.38. The molecular weight excluding hydrogens is 286 g/mol. The molecule has 1 fully saturated rings. The Labute approximate surface area is 129 Å². The lowest BCUT2D eigenvalue weighted by atomic mass is 9.84. The lowest BCUT2D eigenvalue weighted by Crippen LogP contribution is -2.50. The number of nitrogens with zero attached hydrogens (tertiary/aromatic N) is 1. The van der Waals surface area contributed by atoms with Gasteiger partial charge in [-0.1, -0.05) is 33.4 Å². The van der Waals surface area contributed by atoms with E-state index in [0.717, 1.165) is 0 Å². The standard InChI is InChI=1S/C15H27NO4Si/c1-7-8-19-14(18)16-10-11(17)9-12(16)13(15(2,3)4)20-21(5)6/h7,12-13,21H,1,8-10H2,2-6H3/t12-,13?/m0/s1. The van der Waals surface area contributed by atoms with Gasteiger partial charge in [-0.05, 0) is 18.5 Å². The van der Waals surface area contributed by atoms with Gasteiger partial charge in [-0.2, -0.15) is 0 Å². The summed E-state index contributed by atoms with van der Waals surface area (Å²) in [5.74, 6) is 0.0545. The van der Waals surface area contributed by atoms with Crippen LogP contribution in [-0.2, 0) is 14.0 Å². The van der Waals surface area contributed by atoms with Crippen molar-refractivity contribution in [1.29, 1.82) is 0 Å². The average Bonchev–Trinajstić information content (AvgIpc) is 2.73. The number of ketones is 1.